The summed E-state index contributed by atoms with van der Waals surface area (Å²) in [5.74, 6) is -2.38. The van der Waals surface area contributed by atoms with Gasteiger partial charge in [-0.2, -0.15) is 44.5 Å². The average molecular weight is 483 g/mol. The Morgan fingerprint density at radius 3 is 2.09 bits per heavy atom. The topological polar surface area (TPSA) is 68.0 Å². The Kier molecular flexibility index (Phi) is 6.13. The third-order valence-corrected chi connectivity index (χ3v) is 4.23. The molecule has 33 heavy (non-hydrogen) atoms. The van der Waals surface area contributed by atoms with Gasteiger partial charge in [-0.1, -0.05) is 17.3 Å². The van der Waals surface area contributed by atoms with Crippen LogP contribution in [0.25, 0.3) is 11.5 Å². The molecule has 0 unspecified atom stereocenters. The smallest absolute Gasteiger partial charge is 0.345 e. The number of halogens is 9. The number of aromatic nitrogens is 2. The molecule has 0 fully saturated rings. The van der Waals surface area contributed by atoms with Gasteiger partial charge in [-0.05, 0) is 30.3 Å². The van der Waals surface area contributed by atoms with Gasteiger partial charge in [0.1, 0.15) is 0 Å². The monoisotopic (exact) mass is 483 g/mol. The van der Waals surface area contributed by atoms with Gasteiger partial charge in [0.05, 0.1) is 34.4 Å². The molecule has 0 atom stereocenters. The molecule has 1 heterocycles. The average Bonchev–Trinajstić information content (AvgIpc) is 3.18. The molecule has 0 radical (unpaired) electrons. The molecule has 0 aliphatic heterocycles. The second-order valence-electron chi connectivity index (χ2n) is 6.50. The summed E-state index contributed by atoms with van der Waals surface area (Å²) in [6.07, 6.45) is -15.0. The molecule has 0 aliphatic carbocycles. The maximum atomic E-state index is 13.3. The number of hydrogen-bond donors (Lipinski definition) is 1. The zero-order valence-electron chi connectivity index (χ0n) is 15.9. The highest BCUT2D eigenvalue weighted by Crippen LogP contribution is 2.40. The van der Waals surface area contributed by atoms with Gasteiger partial charge in [0.25, 0.3) is 11.8 Å². The van der Waals surface area contributed by atoms with Crippen LogP contribution >= 0.6 is 0 Å². The van der Waals surface area contributed by atoms with Crippen molar-refractivity contribution < 1.29 is 48.8 Å². The van der Waals surface area contributed by atoms with E-state index in [0.29, 0.717) is 18.2 Å². The van der Waals surface area contributed by atoms with Gasteiger partial charge in [0.15, 0.2) is 5.82 Å². The SMILES string of the molecule is O=C(NCc1noc(-c2ccc(C(F)(F)F)cc2C(F)(F)F)n1)c1ccccc1C(F)(F)F. The number of amides is 1. The van der Waals surface area contributed by atoms with E-state index in [9.17, 15) is 44.3 Å². The molecule has 3 rings (SSSR count). The van der Waals surface area contributed by atoms with Gasteiger partial charge in [0.2, 0.25) is 0 Å². The Hall–Kier alpha value is -3.58. The van der Waals surface area contributed by atoms with Gasteiger partial charge in [-0.25, -0.2) is 0 Å². The highest BCUT2D eigenvalue weighted by Gasteiger charge is 2.39. The van der Waals surface area contributed by atoms with Gasteiger partial charge in [-0.15, -0.1) is 0 Å². The summed E-state index contributed by atoms with van der Waals surface area (Å²) in [5, 5.41) is 5.38. The summed E-state index contributed by atoms with van der Waals surface area (Å²) in [4.78, 5) is 15.7. The summed E-state index contributed by atoms with van der Waals surface area (Å²) in [5.41, 5.74) is -6.00. The molecule has 1 N–H and O–H groups in total. The minimum absolute atomic E-state index is 0.116. The van der Waals surface area contributed by atoms with E-state index >= 15 is 0 Å². The highest BCUT2D eigenvalue weighted by atomic mass is 19.4. The maximum Gasteiger partial charge on any atom is 0.417 e. The van der Waals surface area contributed by atoms with E-state index in [2.05, 4.69) is 20.0 Å². The molecule has 0 aliphatic rings. The van der Waals surface area contributed by atoms with E-state index < -0.39 is 70.5 Å². The highest BCUT2D eigenvalue weighted by molar-refractivity contribution is 5.95. The van der Waals surface area contributed by atoms with Crippen molar-refractivity contribution in [3.63, 3.8) is 0 Å². The third-order valence-electron chi connectivity index (χ3n) is 4.23. The molecule has 1 amide bonds. The van der Waals surface area contributed by atoms with Crippen LogP contribution in [0.3, 0.4) is 0 Å². The predicted molar refractivity (Wildman–Crippen MR) is 92.4 cm³/mol. The van der Waals surface area contributed by atoms with Crippen molar-refractivity contribution in [2.24, 2.45) is 0 Å². The fourth-order valence-corrected chi connectivity index (χ4v) is 2.76. The van der Waals surface area contributed by atoms with Crippen molar-refractivity contribution >= 4 is 5.91 Å². The van der Waals surface area contributed by atoms with Crippen LogP contribution in [0.1, 0.15) is 32.9 Å². The number of nitrogens with zero attached hydrogens (tertiary/aromatic N) is 2. The van der Waals surface area contributed by atoms with Crippen LogP contribution in [-0.2, 0) is 25.1 Å². The minimum atomic E-state index is -5.19. The molecular weight excluding hydrogens is 473 g/mol. The first-order chi connectivity index (χ1) is 15.2. The summed E-state index contributed by atoms with van der Waals surface area (Å²) in [7, 11) is 0. The second kappa shape index (κ2) is 8.41. The molecule has 3 aromatic rings. The summed E-state index contributed by atoms with van der Waals surface area (Å²) >= 11 is 0. The summed E-state index contributed by atoms with van der Waals surface area (Å²) in [6.45, 7) is -0.628. The van der Waals surface area contributed by atoms with Crippen molar-refractivity contribution in [1.82, 2.24) is 15.5 Å². The lowest BCUT2D eigenvalue weighted by Gasteiger charge is -2.13. The Morgan fingerprint density at radius 2 is 1.48 bits per heavy atom. The normalized spacial score (nSPS) is 12.6. The molecule has 5 nitrogen and oxygen atoms in total. The number of benzene rings is 2. The molecular formula is C19H10F9N3O2. The largest absolute Gasteiger partial charge is 0.417 e. The van der Waals surface area contributed by atoms with Crippen LogP contribution in [0, 0.1) is 0 Å². The molecule has 0 saturated carbocycles. The number of nitrogens with one attached hydrogen (secondary N) is 1. The Balaban J connectivity index is 1.84. The number of rotatable bonds is 4. The van der Waals surface area contributed by atoms with Crippen LogP contribution in [0.2, 0.25) is 0 Å². The Labute approximate surface area is 178 Å². The number of hydrogen-bond acceptors (Lipinski definition) is 4. The van der Waals surface area contributed by atoms with E-state index in [1.807, 2.05) is 0 Å². The van der Waals surface area contributed by atoms with Crippen molar-refractivity contribution in [2.75, 3.05) is 0 Å². The Morgan fingerprint density at radius 1 is 0.848 bits per heavy atom. The first-order valence-electron chi connectivity index (χ1n) is 8.73. The molecule has 14 heteroatoms. The van der Waals surface area contributed by atoms with Crippen LogP contribution in [0.4, 0.5) is 39.5 Å². The molecule has 2 aromatic carbocycles. The molecule has 0 bridgehead atoms. The minimum Gasteiger partial charge on any atom is -0.345 e. The Bertz CT molecular complexity index is 1160. The molecule has 1 aromatic heterocycles. The van der Waals surface area contributed by atoms with E-state index in [4.69, 9.17) is 0 Å². The second-order valence-corrected chi connectivity index (χ2v) is 6.50. The number of alkyl halides is 9. The van der Waals surface area contributed by atoms with E-state index in [0.717, 1.165) is 12.1 Å². The zero-order chi connectivity index (χ0) is 24.6. The van der Waals surface area contributed by atoms with Crippen LogP contribution < -0.4 is 5.32 Å². The standard InChI is InChI=1S/C19H10F9N3O2/c20-17(21,22)9-5-6-11(13(7-9)19(26,27)28)16-30-14(31-33-16)8-29-15(32)10-3-1-2-4-12(10)18(23,24)25/h1-7H,8H2,(H,29,32). The maximum absolute atomic E-state index is 13.3. The number of carbonyl (C=O) groups excluding carboxylic acids is 1. The van der Waals surface area contributed by atoms with Crippen molar-refractivity contribution in [3.8, 4) is 11.5 Å². The van der Waals surface area contributed by atoms with Gasteiger partial charge in [-0.3, -0.25) is 4.79 Å². The van der Waals surface area contributed by atoms with E-state index in [1.165, 1.54) is 6.07 Å². The lowest BCUT2D eigenvalue weighted by atomic mass is 10.0. The molecule has 176 valence electrons. The van der Waals surface area contributed by atoms with Crippen LogP contribution in [0.15, 0.2) is 47.0 Å². The van der Waals surface area contributed by atoms with Crippen molar-refractivity contribution in [2.45, 2.75) is 25.1 Å². The first-order valence-corrected chi connectivity index (χ1v) is 8.73. The first kappa shape index (κ1) is 24.1. The predicted octanol–water partition coefficient (Wildman–Crippen LogP) is 5.72. The van der Waals surface area contributed by atoms with Gasteiger partial charge < -0.3 is 9.84 Å². The fourth-order valence-electron chi connectivity index (χ4n) is 2.76. The summed E-state index contributed by atoms with van der Waals surface area (Å²) in [6, 6.07) is 4.65. The third kappa shape index (κ3) is 5.43. The van der Waals surface area contributed by atoms with Crippen molar-refractivity contribution in [3.05, 3.63) is 70.5 Å². The molecule has 0 spiro atoms. The van der Waals surface area contributed by atoms with Crippen molar-refractivity contribution in [1.29, 1.82) is 0 Å². The van der Waals surface area contributed by atoms with Gasteiger partial charge >= 0.3 is 18.5 Å². The molecule has 0 saturated heterocycles. The van der Waals surface area contributed by atoms with E-state index in [-0.39, 0.29) is 6.07 Å². The fraction of sp³-hybridized carbons (Fsp3) is 0.211. The number of carbonyl (C=O) groups is 1. The lowest BCUT2D eigenvalue weighted by Crippen LogP contribution is -2.26. The van der Waals surface area contributed by atoms with Gasteiger partial charge in [0, 0.05) is 0 Å². The van der Waals surface area contributed by atoms with E-state index in [1.54, 1.807) is 0 Å². The quantitative estimate of drug-likeness (QED) is 0.482. The summed E-state index contributed by atoms with van der Waals surface area (Å²) < 4.78 is 122. The van der Waals surface area contributed by atoms with Crippen LogP contribution in [-0.4, -0.2) is 16.0 Å². The zero-order valence-corrected chi connectivity index (χ0v) is 15.9. The van der Waals surface area contributed by atoms with Crippen LogP contribution in [0.5, 0.6) is 0 Å². The lowest BCUT2D eigenvalue weighted by molar-refractivity contribution is -0.143.